The van der Waals surface area contributed by atoms with E-state index in [0.29, 0.717) is 19.8 Å². The Bertz CT molecular complexity index is 551. The molecule has 106 valence electrons. The van der Waals surface area contributed by atoms with Crippen molar-refractivity contribution in [1.82, 2.24) is 9.55 Å². The summed E-state index contributed by atoms with van der Waals surface area (Å²) in [5.74, 6) is -0.553. The maximum absolute atomic E-state index is 6.02. The molecule has 0 amide bonds. The Hall–Kier alpha value is -1.36. The molecule has 0 radical (unpaired) electrons. The van der Waals surface area contributed by atoms with Crippen molar-refractivity contribution in [2.24, 2.45) is 0 Å². The molecule has 1 fully saturated rings. The van der Waals surface area contributed by atoms with Crippen molar-refractivity contribution in [3.63, 3.8) is 0 Å². The van der Waals surface area contributed by atoms with Crippen LogP contribution in [-0.4, -0.2) is 28.6 Å². The number of hydrogen-bond acceptors (Lipinski definition) is 3. The standard InChI is InChI=1S/C15H17ClN2O2/c16-14-3-1-2-13(10-14)4-5-15(19-8-9-20-15)11-18-7-6-17-12-18/h1-3,6-7,10,12H,4-5,8-9,11H2. The van der Waals surface area contributed by atoms with E-state index in [1.54, 1.807) is 12.5 Å². The number of benzene rings is 1. The molecule has 3 rings (SSSR count). The van der Waals surface area contributed by atoms with Crippen LogP contribution < -0.4 is 0 Å². The molecule has 0 N–H and O–H groups in total. The lowest BCUT2D eigenvalue weighted by molar-refractivity contribution is -0.171. The van der Waals surface area contributed by atoms with E-state index in [-0.39, 0.29) is 0 Å². The van der Waals surface area contributed by atoms with E-state index >= 15 is 0 Å². The Kier molecular flexibility index (Phi) is 4.05. The first kappa shape index (κ1) is 13.6. The van der Waals surface area contributed by atoms with Gasteiger partial charge in [0.25, 0.3) is 0 Å². The topological polar surface area (TPSA) is 36.3 Å². The molecule has 0 bridgehead atoms. The molecule has 1 saturated heterocycles. The molecule has 0 aliphatic carbocycles. The first-order valence-electron chi connectivity index (χ1n) is 6.74. The highest BCUT2D eigenvalue weighted by molar-refractivity contribution is 6.30. The van der Waals surface area contributed by atoms with Crippen molar-refractivity contribution < 1.29 is 9.47 Å². The maximum Gasteiger partial charge on any atom is 0.186 e. The summed E-state index contributed by atoms with van der Waals surface area (Å²) in [5, 5.41) is 0.763. The minimum Gasteiger partial charge on any atom is -0.346 e. The Balaban J connectivity index is 1.68. The van der Waals surface area contributed by atoms with E-state index in [0.717, 1.165) is 17.9 Å². The second kappa shape index (κ2) is 5.95. The highest BCUT2D eigenvalue weighted by Crippen LogP contribution is 2.28. The number of aromatic nitrogens is 2. The van der Waals surface area contributed by atoms with Crippen LogP contribution in [0, 0.1) is 0 Å². The number of imidazole rings is 1. The van der Waals surface area contributed by atoms with Gasteiger partial charge in [-0.3, -0.25) is 0 Å². The Morgan fingerprint density at radius 1 is 1.30 bits per heavy atom. The first-order chi connectivity index (χ1) is 9.76. The number of hydrogen-bond donors (Lipinski definition) is 0. The SMILES string of the molecule is Clc1cccc(CCC2(Cn3ccnc3)OCCO2)c1. The second-order valence-electron chi connectivity index (χ2n) is 4.97. The van der Waals surface area contributed by atoms with Crippen LogP contribution in [0.3, 0.4) is 0 Å². The zero-order valence-corrected chi connectivity index (χ0v) is 11.9. The largest absolute Gasteiger partial charge is 0.346 e. The molecule has 2 heterocycles. The Morgan fingerprint density at radius 3 is 2.85 bits per heavy atom. The average molecular weight is 293 g/mol. The average Bonchev–Trinajstić information content (AvgIpc) is 3.10. The highest BCUT2D eigenvalue weighted by Gasteiger charge is 2.36. The van der Waals surface area contributed by atoms with Gasteiger partial charge in [0, 0.05) is 23.8 Å². The monoisotopic (exact) mass is 292 g/mol. The van der Waals surface area contributed by atoms with Gasteiger partial charge in [-0.2, -0.15) is 0 Å². The van der Waals surface area contributed by atoms with Gasteiger partial charge in [0.15, 0.2) is 5.79 Å². The molecule has 0 saturated carbocycles. The van der Waals surface area contributed by atoms with Gasteiger partial charge >= 0.3 is 0 Å². The first-order valence-corrected chi connectivity index (χ1v) is 7.12. The predicted molar refractivity (Wildman–Crippen MR) is 76.6 cm³/mol. The van der Waals surface area contributed by atoms with Crippen molar-refractivity contribution in [3.8, 4) is 0 Å². The third-order valence-corrected chi connectivity index (χ3v) is 3.71. The number of ether oxygens (including phenoxy) is 2. The maximum atomic E-state index is 6.02. The molecular weight excluding hydrogens is 276 g/mol. The van der Waals surface area contributed by atoms with Crippen LogP contribution in [0.5, 0.6) is 0 Å². The van der Waals surface area contributed by atoms with Crippen molar-refractivity contribution in [2.45, 2.75) is 25.2 Å². The Labute approximate surface area is 123 Å². The summed E-state index contributed by atoms with van der Waals surface area (Å²) < 4.78 is 13.7. The summed E-state index contributed by atoms with van der Waals surface area (Å²) in [6.45, 7) is 1.95. The highest BCUT2D eigenvalue weighted by atomic mass is 35.5. The summed E-state index contributed by atoms with van der Waals surface area (Å²) in [6.07, 6.45) is 7.14. The number of halogens is 1. The van der Waals surface area contributed by atoms with Crippen LogP contribution >= 0.6 is 11.6 Å². The van der Waals surface area contributed by atoms with Gasteiger partial charge in [0.05, 0.1) is 26.1 Å². The molecule has 2 aromatic rings. The van der Waals surface area contributed by atoms with Crippen molar-refractivity contribution >= 4 is 11.6 Å². The normalized spacial score (nSPS) is 17.4. The van der Waals surface area contributed by atoms with E-state index in [2.05, 4.69) is 11.1 Å². The molecule has 5 heteroatoms. The van der Waals surface area contributed by atoms with E-state index < -0.39 is 5.79 Å². The third-order valence-electron chi connectivity index (χ3n) is 3.48. The fraction of sp³-hybridized carbons (Fsp3) is 0.400. The van der Waals surface area contributed by atoms with Crippen LogP contribution in [0.2, 0.25) is 5.02 Å². The lowest BCUT2D eigenvalue weighted by Crippen LogP contribution is -2.35. The van der Waals surface area contributed by atoms with Crippen molar-refractivity contribution in [2.75, 3.05) is 13.2 Å². The zero-order chi connectivity index (χ0) is 13.8. The summed E-state index contributed by atoms with van der Waals surface area (Å²) >= 11 is 6.02. The molecule has 1 aliphatic heterocycles. The number of nitrogens with zero attached hydrogens (tertiary/aromatic N) is 2. The van der Waals surface area contributed by atoms with Crippen molar-refractivity contribution in [1.29, 1.82) is 0 Å². The predicted octanol–water partition coefficient (Wildman–Crippen LogP) is 2.91. The van der Waals surface area contributed by atoms with Crippen molar-refractivity contribution in [3.05, 3.63) is 53.6 Å². The molecule has 1 aliphatic rings. The smallest absolute Gasteiger partial charge is 0.186 e. The molecule has 4 nitrogen and oxygen atoms in total. The molecule has 0 spiro atoms. The molecular formula is C15H17ClN2O2. The van der Waals surface area contributed by atoms with Gasteiger partial charge in [0.2, 0.25) is 0 Å². The second-order valence-corrected chi connectivity index (χ2v) is 5.41. The third kappa shape index (κ3) is 3.20. The summed E-state index contributed by atoms with van der Waals surface area (Å²) in [6, 6.07) is 7.92. The molecule has 0 atom stereocenters. The van der Waals surface area contributed by atoms with Gasteiger partial charge in [0.1, 0.15) is 0 Å². The van der Waals surface area contributed by atoms with Gasteiger partial charge in [-0.05, 0) is 24.1 Å². The summed E-state index contributed by atoms with van der Waals surface area (Å²) in [4.78, 5) is 4.06. The summed E-state index contributed by atoms with van der Waals surface area (Å²) in [5.41, 5.74) is 1.20. The van der Waals surface area contributed by atoms with Gasteiger partial charge in [-0.15, -0.1) is 0 Å². The van der Waals surface area contributed by atoms with Gasteiger partial charge < -0.3 is 14.0 Å². The van der Waals surface area contributed by atoms with Crippen LogP contribution in [0.25, 0.3) is 0 Å². The number of aryl methyl sites for hydroxylation is 1. The van der Waals surface area contributed by atoms with Crippen LogP contribution in [0.15, 0.2) is 43.0 Å². The number of rotatable bonds is 5. The van der Waals surface area contributed by atoms with E-state index in [9.17, 15) is 0 Å². The lowest BCUT2D eigenvalue weighted by atomic mass is 10.0. The van der Waals surface area contributed by atoms with Gasteiger partial charge in [-0.1, -0.05) is 23.7 Å². The quantitative estimate of drug-likeness (QED) is 0.850. The fourth-order valence-corrected chi connectivity index (χ4v) is 2.71. The van der Waals surface area contributed by atoms with E-state index in [1.807, 2.05) is 29.0 Å². The summed E-state index contributed by atoms with van der Waals surface area (Å²) in [7, 11) is 0. The Morgan fingerprint density at radius 2 is 2.15 bits per heavy atom. The van der Waals surface area contributed by atoms with Crippen LogP contribution in [-0.2, 0) is 22.4 Å². The molecule has 1 aromatic heterocycles. The van der Waals surface area contributed by atoms with E-state index in [4.69, 9.17) is 21.1 Å². The van der Waals surface area contributed by atoms with Gasteiger partial charge in [-0.25, -0.2) is 4.98 Å². The molecule has 1 aromatic carbocycles. The lowest BCUT2D eigenvalue weighted by Gasteiger charge is -2.27. The van der Waals surface area contributed by atoms with Crippen LogP contribution in [0.1, 0.15) is 12.0 Å². The van der Waals surface area contributed by atoms with E-state index in [1.165, 1.54) is 5.56 Å². The van der Waals surface area contributed by atoms with Crippen LogP contribution in [0.4, 0.5) is 0 Å². The fourth-order valence-electron chi connectivity index (χ4n) is 2.50. The molecule has 0 unspecified atom stereocenters. The zero-order valence-electron chi connectivity index (χ0n) is 11.2. The minimum atomic E-state index is -0.553. The molecule has 20 heavy (non-hydrogen) atoms. The minimum absolute atomic E-state index is 0.553.